The first-order valence-corrected chi connectivity index (χ1v) is 7.64. The highest BCUT2D eigenvalue weighted by Gasteiger charge is 2.12. The zero-order chi connectivity index (χ0) is 17.5. The molecular weight excluding hydrogens is 332 g/mol. The summed E-state index contributed by atoms with van der Waals surface area (Å²) in [4.78, 5) is 20.8. The summed E-state index contributed by atoms with van der Waals surface area (Å²) >= 11 is 6.06. The van der Waals surface area contributed by atoms with E-state index in [9.17, 15) is 4.79 Å². The number of rotatable bonds is 7. The molecule has 8 heteroatoms. The third kappa shape index (κ3) is 4.81. The van der Waals surface area contributed by atoms with Crippen molar-refractivity contribution in [3.05, 3.63) is 40.8 Å². The molecule has 7 nitrogen and oxygen atoms in total. The second-order valence-corrected chi connectivity index (χ2v) is 5.32. The molecule has 0 bridgehead atoms. The van der Waals surface area contributed by atoms with Crippen molar-refractivity contribution in [2.75, 3.05) is 38.0 Å². The van der Waals surface area contributed by atoms with Crippen molar-refractivity contribution in [1.82, 2.24) is 9.97 Å². The van der Waals surface area contributed by atoms with Gasteiger partial charge < -0.3 is 20.1 Å². The van der Waals surface area contributed by atoms with Gasteiger partial charge in [0.25, 0.3) is 5.91 Å². The van der Waals surface area contributed by atoms with E-state index in [-0.39, 0.29) is 11.6 Å². The van der Waals surface area contributed by atoms with Gasteiger partial charge in [-0.2, -0.15) is 0 Å². The van der Waals surface area contributed by atoms with E-state index in [4.69, 9.17) is 21.1 Å². The number of hydrogen-bond acceptors (Lipinski definition) is 6. The number of nitrogens with zero attached hydrogens (tertiary/aromatic N) is 2. The molecule has 2 rings (SSSR count). The van der Waals surface area contributed by atoms with E-state index in [0.717, 1.165) is 0 Å². The standard InChI is InChI=1S/C16H19ClN4O3/c1-10-19-13(9-15(20-10)18-6-7-23-2)16(22)21-11-4-5-14(24-3)12(17)8-11/h4-5,8-9H,6-7H2,1-3H3,(H,21,22)(H,18,19,20). The summed E-state index contributed by atoms with van der Waals surface area (Å²) < 4.78 is 10.1. The largest absolute Gasteiger partial charge is 0.495 e. The summed E-state index contributed by atoms with van der Waals surface area (Å²) in [6.45, 7) is 2.85. The molecule has 24 heavy (non-hydrogen) atoms. The summed E-state index contributed by atoms with van der Waals surface area (Å²) in [5, 5.41) is 6.24. The van der Waals surface area contributed by atoms with Gasteiger partial charge in [-0.3, -0.25) is 4.79 Å². The Labute approximate surface area is 145 Å². The molecule has 0 aliphatic heterocycles. The van der Waals surface area contributed by atoms with Crippen LogP contribution in [0, 0.1) is 6.92 Å². The predicted molar refractivity (Wildman–Crippen MR) is 93.1 cm³/mol. The third-order valence-corrected chi connectivity index (χ3v) is 3.39. The second kappa shape index (κ2) is 8.47. The topological polar surface area (TPSA) is 85.4 Å². The molecule has 2 aromatic rings. The van der Waals surface area contributed by atoms with Crippen LogP contribution in [0.4, 0.5) is 11.5 Å². The number of carbonyl (C=O) groups is 1. The summed E-state index contributed by atoms with van der Waals surface area (Å²) in [5.74, 6) is 1.25. The van der Waals surface area contributed by atoms with Gasteiger partial charge in [0, 0.05) is 25.4 Å². The Morgan fingerprint density at radius 1 is 1.25 bits per heavy atom. The van der Waals surface area contributed by atoms with Crippen molar-refractivity contribution < 1.29 is 14.3 Å². The third-order valence-electron chi connectivity index (χ3n) is 3.09. The number of amides is 1. The maximum absolute atomic E-state index is 12.4. The van der Waals surface area contributed by atoms with Crippen molar-refractivity contribution in [2.45, 2.75) is 6.92 Å². The van der Waals surface area contributed by atoms with Crippen LogP contribution in [0.15, 0.2) is 24.3 Å². The zero-order valence-electron chi connectivity index (χ0n) is 13.7. The molecule has 1 aromatic carbocycles. The first kappa shape index (κ1) is 18.0. The Morgan fingerprint density at radius 3 is 2.71 bits per heavy atom. The Hall–Kier alpha value is -2.38. The number of benzene rings is 1. The summed E-state index contributed by atoms with van der Waals surface area (Å²) in [5.41, 5.74) is 0.810. The van der Waals surface area contributed by atoms with Gasteiger partial charge in [0.15, 0.2) is 0 Å². The number of aromatic nitrogens is 2. The molecule has 0 radical (unpaired) electrons. The van der Waals surface area contributed by atoms with Crippen LogP contribution in [0.3, 0.4) is 0 Å². The van der Waals surface area contributed by atoms with E-state index in [1.165, 1.54) is 7.11 Å². The first-order valence-electron chi connectivity index (χ1n) is 7.27. The Morgan fingerprint density at radius 2 is 2.04 bits per heavy atom. The smallest absolute Gasteiger partial charge is 0.274 e. The molecule has 0 fully saturated rings. The predicted octanol–water partition coefficient (Wildman–Crippen LogP) is 2.76. The normalized spacial score (nSPS) is 10.3. The van der Waals surface area contributed by atoms with Crippen LogP contribution in [0.2, 0.25) is 5.02 Å². The minimum absolute atomic E-state index is 0.259. The lowest BCUT2D eigenvalue weighted by molar-refractivity contribution is 0.102. The van der Waals surface area contributed by atoms with Gasteiger partial charge in [-0.25, -0.2) is 9.97 Å². The molecule has 0 saturated carbocycles. The van der Waals surface area contributed by atoms with Crippen LogP contribution in [-0.4, -0.2) is 43.2 Å². The average Bonchev–Trinajstić information content (AvgIpc) is 2.55. The minimum Gasteiger partial charge on any atom is -0.495 e. The van der Waals surface area contributed by atoms with Crippen LogP contribution in [0.5, 0.6) is 5.75 Å². The van der Waals surface area contributed by atoms with Gasteiger partial charge in [0.1, 0.15) is 23.1 Å². The molecule has 0 saturated heterocycles. The number of nitrogens with one attached hydrogen (secondary N) is 2. The van der Waals surface area contributed by atoms with Crippen LogP contribution < -0.4 is 15.4 Å². The Balaban J connectivity index is 2.12. The number of methoxy groups -OCH3 is 2. The summed E-state index contributed by atoms with van der Waals surface area (Å²) in [6, 6.07) is 6.59. The number of aryl methyl sites for hydroxylation is 1. The molecule has 0 aliphatic carbocycles. The van der Waals surface area contributed by atoms with E-state index in [1.807, 2.05) is 0 Å². The van der Waals surface area contributed by atoms with Crippen molar-refractivity contribution in [1.29, 1.82) is 0 Å². The van der Waals surface area contributed by atoms with E-state index in [1.54, 1.807) is 38.3 Å². The van der Waals surface area contributed by atoms with Gasteiger partial charge in [-0.05, 0) is 25.1 Å². The number of halogens is 1. The maximum Gasteiger partial charge on any atom is 0.274 e. The highest BCUT2D eigenvalue weighted by atomic mass is 35.5. The van der Waals surface area contributed by atoms with Crippen molar-refractivity contribution in [2.24, 2.45) is 0 Å². The molecular formula is C16H19ClN4O3. The molecule has 2 N–H and O–H groups in total. The fourth-order valence-corrected chi connectivity index (χ4v) is 2.25. The monoisotopic (exact) mass is 350 g/mol. The minimum atomic E-state index is -0.350. The first-order chi connectivity index (χ1) is 11.5. The fraction of sp³-hybridized carbons (Fsp3) is 0.312. The summed E-state index contributed by atoms with van der Waals surface area (Å²) in [7, 11) is 3.15. The highest BCUT2D eigenvalue weighted by molar-refractivity contribution is 6.32. The SMILES string of the molecule is COCCNc1cc(C(=O)Nc2ccc(OC)c(Cl)c2)nc(C)n1. The Bertz CT molecular complexity index is 724. The number of carbonyl (C=O) groups excluding carboxylic acids is 1. The van der Waals surface area contributed by atoms with Gasteiger partial charge in [0.2, 0.25) is 0 Å². The molecule has 0 aliphatic rings. The van der Waals surface area contributed by atoms with Crippen LogP contribution in [-0.2, 0) is 4.74 Å². The molecule has 0 atom stereocenters. The van der Waals surface area contributed by atoms with E-state index in [2.05, 4.69) is 20.6 Å². The van der Waals surface area contributed by atoms with Crippen LogP contribution in [0.25, 0.3) is 0 Å². The second-order valence-electron chi connectivity index (χ2n) is 4.91. The molecule has 1 aromatic heterocycles. The number of hydrogen-bond donors (Lipinski definition) is 2. The van der Waals surface area contributed by atoms with Gasteiger partial charge in [-0.15, -0.1) is 0 Å². The number of anilines is 2. The zero-order valence-corrected chi connectivity index (χ0v) is 14.5. The Kier molecular flexibility index (Phi) is 6.34. The van der Waals surface area contributed by atoms with E-state index >= 15 is 0 Å². The highest BCUT2D eigenvalue weighted by Crippen LogP contribution is 2.27. The molecule has 1 heterocycles. The molecule has 0 spiro atoms. The maximum atomic E-state index is 12.4. The molecule has 0 unspecified atom stereocenters. The van der Waals surface area contributed by atoms with Crippen LogP contribution >= 0.6 is 11.6 Å². The van der Waals surface area contributed by atoms with Gasteiger partial charge in [-0.1, -0.05) is 11.6 Å². The molecule has 1 amide bonds. The quantitative estimate of drug-likeness (QED) is 0.747. The number of ether oxygens (including phenoxy) is 2. The average molecular weight is 351 g/mol. The van der Waals surface area contributed by atoms with E-state index < -0.39 is 0 Å². The van der Waals surface area contributed by atoms with Gasteiger partial charge >= 0.3 is 0 Å². The van der Waals surface area contributed by atoms with Crippen LogP contribution in [0.1, 0.15) is 16.3 Å². The van der Waals surface area contributed by atoms with Crippen molar-refractivity contribution in [3.63, 3.8) is 0 Å². The lowest BCUT2D eigenvalue weighted by Gasteiger charge is -2.10. The lowest BCUT2D eigenvalue weighted by atomic mass is 10.2. The van der Waals surface area contributed by atoms with Crippen molar-refractivity contribution in [3.8, 4) is 5.75 Å². The molecule has 128 valence electrons. The van der Waals surface area contributed by atoms with E-state index in [0.29, 0.717) is 41.3 Å². The van der Waals surface area contributed by atoms with Gasteiger partial charge in [0.05, 0.1) is 18.7 Å². The fourth-order valence-electron chi connectivity index (χ4n) is 1.99. The lowest BCUT2D eigenvalue weighted by Crippen LogP contribution is -2.16. The van der Waals surface area contributed by atoms with Crippen molar-refractivity contribution >= 4 is 29.0 Å². The summed E-state index contributed by atoms with van der Waals surface area (Å²) in [6.07, 6.45) is 0.